The quantitative estimate of drug-likeness (QED) is 0.374. The third kappa shape index (κ3) is 2.90. The number of anilines is 1. The average molecular weight is 411 g/mol. The number of esters is 1. The number of imide groups is 1. The van der Waals surface area contributed by atoms with Crippen LogP contribution in [0.3, 0.4) is 0 Å². The van der Waals surface area contributed by atoms with Crippen LogP contribution in [0.2, 0.25) is 0 Å². The molecule has 1 saturated heterocycles. The fourth-order valence-electron chi connectivity index (χ4n) is 3.47. The summed E-state index contributed by atoms with van der Waals surface area (Å²) in [6.45, 7) is 0. The van der Waals surface area contributed by atoms with E-state index in [4.69, 9.17) is 4.74 Å². The highest BCUT2D eigenvalue weighted by Gasteiger charge is 2.37. The number of benzene rings is 1. The maximum Gasteiger partial charge on any atom is 0.350 e. The van der Waals surface area contributed by atoms with Crippen LogP contribution in [0.25, 0.3) is 17.1 Å². The molecule has 0 aliphatic carbocycles. The van der Waals surface area contributed by atoms with E-state index in [1.165, 1.54) is 11.7 Å². The molecule has 1 aliphatic rings. The molecule has 3 aromatic rings. The predicted octanol–water partition coefficient (Wildman–Crippen LogP) is 2.07. The number of hydrogen-bond donors (Lipinski definition) is 0. The Balaban J connectivity index is 1.73. The zero-order valence-corrected chi connectivity index (χ0v) is 16.8. The number of hydrogen-bond acceptors (Lipinski definition) is 6. The lowest BCUT2D eigenvalue weighted by atomic mass is 10.1. The number of aryl methyl sites for hydroxylation is 2. The van der Waals surface area contributed by atoms with E-state index in [1.54, 1.807) is 54.4 Å². The molecule has 2 amide bonds. The third-order valence-corrected chi connectivity index (χ3v) is 5.85. The van der Waals surface area contributed by atoms with Crippen molar-refractivity contribution in [3.05, 3.63) is 56.1 Å². The van der Waals surface area contributed by atoms with Crippen molar-refractivity contribution in [1.29, 1.82) is 0 Å². The minimum Gasteiger partial charge on any atom is -0.465 e. The van der Waals surface area contributed by atoms with E-state index in [0.717, 1.165) is 27.3 Å². The van der Waals surface area contributed by atoms with Gasteiger partial charge < -0.3 is 4.74 Å². The van der Waals surface area contributed by atoms with Gasteiger partial charge in [-0.3, -0.25) is 18.7 Å². The maximum atomic E-state index is 12.9. The fraction of sp³-hybridized carbons (Fsp3) is 0.200. The Morgan fingerprint density at radius 3 is 2.55 bits per heavy atom. The summed E-state index contributed by atoms with van der Waals surface area (Å²) in [5, 5.41) is 1.63. The van der Waals surface area contributed by atoms with Crippen LogP contribution in [0.4, 0.5) is 5.69 Å². The second kappa shape index (κ2) is 6.85. The van der Waals surface area contributed by atoms with Crippen LogP contribution in [0, 0.1) is 0 Å². The lowest BCUT2D eigenvalue weighted by Gasteiger charge is -2.13. The third-order valence-electron chi connectivity index (χ3n) is 4.96. The van der Waals surface area contributed by atoms with Crippen molar-refractivity contribution < 1.29 is 19.1 Å². The normalized spacial score (nSPS) is 15.7. The molecule has 29 heavy (non-hydrogen) atoms. The number of nitrogens with zero attached hydrogens (tertiary/aromatic N) is 3. The lowest BCUT2D eigenvalue weighted by Crippen LogP contribution is -2.29. The maximum absolute atomic E-state index is 12.9. The van der Waals surface area contributed by atoms with Crippen molar-refractivity contribution in [3.63, 3.8) is 0 Å². The molecule has 1 aromatic carbocycles. The number of imidazole rings is 1. The Labute approximate surface area is 169 Å². The molecule has 1 fully saturated rings. The number of rotatable bonds is 3. The first-order valence-corrected chi connectivity index (χ1v) is 9.60. The first-order chi connectivity index (χ1) is 13.8. The Hall–Kier alpha value is -3.46. The molecular formula is C20H17N3O5S. The van der Waals surface area contributed by atoms with Gasteiger partial charge in [0.05, 0.1) is 30.3 Å². The highest BCUT2D eigenvalue weighted by atomic mass is 32.1. The van der Waals surface area contributed by atoms with Crippen LogP contribution in [0.5, 0.6) is 0 Å². The monoisotopic (exact) mass is 411 g/mol. The van der Waals surface area contributed by atoms with Crippen LogP contribution in [-0.4, -0.2) is 34.0 Å². The summed E-state index contributed by atoms with van der Waals surface area (Å²) in [7, 11) is 4.62. The number of aromatic nitrogens is 2. The zero-order chi connectivity index (χ0) is 20.9. The van der Waals surface area contributed by atoms with E-state index < -0.39 is 17.8 Å². The van der Waals surface area contributed by atoms with Crippen molar-refractivity contribution in [3.8, 4) is 0 Å². The SMILES string of the molecule is COC(=O)c1sccc1N1C(=O)CC(=Cc2ccc3c(c2)n(C)c(=O)n3C)C1=O. The average Bonchev–Trinajstić information content (AvgIpc) is 3.35. The van der Waals surface area contributed by atoms with E-state index >= 15 is 0 Å². The molecule has 0 saturated carbocycles. The summed E-state index contributed by atoms with van der Waals surface area (Å²) in [6, 6.07) is 6.95. The van der Waals surface area contributed by atoms with Gasteiger partial charge in [-0.1, -0.05) is 6.07 Å². The van der Waals surface area contributed by atoms with Gasteiger partial charge in [0.1, 0.15) is 4.88 Å². The van der Waals surface area contributed by atoms with E-state index in [1.807, 2.05) is 0 Å². The van der Waals surface area contributed by atoms with Gasteiger partial charge >= 0.3 is 11.7 Å². The first-order valence-electron chi connectivity index (χ1n) is 8.72. The van der Waals surface area contributed by atoms with E-state index in [-0.39, 0.29) is 22.7 Å². The molecule has 0 atom stereocenters. The molecule has 0 spiro atoms. The molecule has 9 heteroatoms. The largest absolute Gasteiger partial charge is 0.465 e. The van der Waals surface area contributed by atoms with E-state index in [2.05, 4.69) is 0 Å². The van der Waals surface area contributed by atoms with Gasteiger partial charge in [-0.25, -0.2) is 14.5 Å². The molecule has 0 bridgehead atoms. The minimum atomic E-state index is -0.594. The van der Waals surface area contributed by atoms with Gasteiger partial charge in [-0.15, -0.1) is 11.3 Å². The molecule has 3 heterocycles. The minimum absolute atomic E-state index is 0.0684. The summed E-state index contributed by atoms with van der Waals surface area (Å²) in [6.07, 6.45) is 1.57. The van der Waals surface area contributed by atoms with Gasteiger partial charge in [-0.05, 0) is 35.2 Å². The van der Waals surface area contributed by atoms with Crippen molar-refractivity contribution in [2.24, 2.45) is 14.1 Å². The van der Waals surface area contributed by atoms with Gasteiger partial charge in [-0.2, -0.15) is 0 Å². The van der Waals surface area contributed by atoms with Crippen molar-refractivity contribution in [1.82, 2.24) is 9.13 Å². The predicted molar refractivity (Wildman–Crippen MR) is 109 cm³/mol. The molecule has 0 radical (unpaired) electrons. The second-order valence-electron chi connectivity index (χ2n) is 6.66. The van der Waals surface area contributed by atoms with Crippen molar-refractivity contribution >= 4 is 51.9 Å². The standard InChI is InChI=1S/C20H17N3O5S/c1-21-13-5-4-11(9-15(13)22(2)20(21)27)8-12-10-16(24)23(18(12)25)14-6-7-29-17(14)19(26)28-3/h4-9H,10H2,1-3H3. The summed E-state index contributed by atoms with van der Waals surface area (Å²) in [4.78, 5) is 50.7. The molecular weight excluding hydrogens is 394 g/mol. The molecule has 1 aliphatic heterocycles. The van der Waals surface area contributed by atoms with Crippen LogP contribution in [0.1, 0.15) is 21.7 Å². The molecule has 0 N–H and O–H groups in total. The van der Waals surface area contributed by atoms with Crippen LogP contribution in [-0.2, 0) is 28.4 Å². The number of carbonyl (C=O) groups is 3. The zero-order valence-electron chi connectivity index (χ0n) is 16.0. The molecule has 2 aromatic heterocycles. The van der Waals surface area contributed by atoms with Crippen LogP contribution in [0.15, 0.2) is 40.0 Å². The van der Waals surface area contributed by atoms with E-state index in [9.17, 15) is 19.2 Å². The first kappa shape index (κ1) is 18.9. The Morgan fingerprint density at radius 2 is 1.83 bits per heavy atom. The Kier molecular flexibility index (Phi) is 4.46. The molecule has 0 unspecified atom stereocenters. The number of methoxy groups -OCH3 is 1. The topological polar surface area (TPSA) is 90.6 Å². The second-order valence-corrected chi connectivity index (χ2v) is 7.57. The summed E-state index contributed by atoms with van der Waals surface area (Å²) >= 11 is 1.11. The summed E-state index contributed by atoms with van der Waals surface area (Å²) in [5.41, 5.74) is 2.62. The molecule has 4 rings (SSSR count). The lowest BCUT2D eigenvalue weighted by molar-refractivity contribution is -0.120. The van der Waals surface area contributed by atoms with Gasteiger partial charge in [0.2, 0.25) is 5.91 Å². The van der Waals surface area contributed by atoms with Crippen molar-refractivity contribution in [2.75, 3.05) is 12.0 Å². The van der Waals surface area contributed by atoms with E-state index in [0.29, 0.717) is 11.1 Å². The molecule has 148 valence electrons. The highest BCUT2D eigenvalue weighted by molar-refractivity contribution is 7.12. The summed E-state index contributed by atoms with van der Waals surface area (Å²) in [5.74, 6) is -1.47. The Bertz CT molecular complexity index is 1280. The number of ether oxygens (including phenoxy) is 1. The van der Waals surface area contributed by atoms with Crippen LogP contribution < -0.4 is 10.6 Å². The smallest absolute Gasteiger partial charge is 0.350 e. The highest BCUT2D eigenvalue weighted by Crippen LogP contribution is 2.33. The number of carbonyl (C=O) groups excluding carboxylic acids is 3. The number of amides is 2. The van der Waals surface area contributed by atoms with Gasteiger partial charge in [0.15, 0.2) is 0 Å². The number of thiophene rings is 1. The van der Waals surface area contributed by atoms with Crippen LogP contribution >= 0.6 is 11.3 Å². The van der Waals surface area contributed by atoms with Gasteiger partial charge in [0.25, 0.3) is 5.91 Å². The molecule has 8 nitrogen and oxygen atoms in total. The number of fused-ring (bicyclic) bond motifs is 1. The van der Waals surface area contributed by atoms with Gasteiger partial charge in [0, 0.05) is 19.7 Å². The summed E-state index contributed by atoms with van der Waals surface area (Å²) < 4.78 is 7.80. The fourth-order valence-corrected chi connectivity index (χ4v) is 4.26. The Morgan fingerprint density at radius 1 is 1.10 bits per heavy atom. The van der Waals surface area contributed by atoms with Crippen molar-refractivity contribution in [2.45, 2.75) is 6.42 Å².